The molecule has 1 aromatic rings. The summed E-state index contributed by atoms with van der Waals surface area (Å²) < 4.78 is 1.05. The van der Waals surface area contributed by atoms with Crippen molar-refractivity contribution in [3.8, 4) is 0 Å². The zero-order valence-corrected chi connectivity index (χ0v) is 13.4. The maximum absolute atomic E-state index is 12.5. The van der Waals surface area contributed by atoms with E-state index in [0.717, 1.165) is 22.1 Å². The summed E-state index contributed by atoms with van der Waals surface area (Å²) in [7, 11) is 0. The van der Waals surface area contributed by atoms with Gasteiger partial charge in [0, 0.05) is 27.1 Å². The summed E-state index contributed by atoms with van der Waals surface area (Å²) in [5.41, 5.74) is 0.837. The molecule has 0 spiro atoms. The summed E-state index contributed by atoms with van der Waals surface area (Å²) in [6, 6.07) is 7.01. The van der Waals surface area contributed by atoms with E-state index in [1.54, 1.807) is 4.90 Å². The number of halogens is 1. The second kappa shape index (κ2) is 6.51. The number of carbonyl (C=O) groups excluding carboxylic acids is 1. The Balaban J connectivity index is 2.15. The van der Waals surface area contributed by atoms with Gasteiger partial charge in [-0.2, -0.15) is 0 Å². The lowest BCUT2D eigenvalue weighted by molar-refractivity contribution is -0.497. The Morgan fingerprint density at radius 1 is 1.55 bits per heavy atom. The van der Waals surface area contributed by atoms with Crippen molar-refractivity contribution in [2.24, 2.45) is 5.92 Å². The first-order valence-corrected chi connectivity index (χ1v) is 7.83. The van der Waals surface area contributed by atoms with E-state index in [0.29, 0.717) is 13.0 Å². The van der Waals surface area contributed by atoms with Gasteiger partial charge >= 0.3 is 0 Å². The van der Waals surface area contributed by atoms with E-state index in [-0.39, 0.29) is 10.8 Å². The second-order valence-corrected chi connectivity index (χ2v) is 6.26. The number of nitro groups is 1. The van der Waals surface area contributed by atoms with Crippen molar-refractivity contribution in [1.29, 1.82) is 0 Å². The van der Waals surface area contributed by atoms with Crippen molar-refractivity contribution in [3.63, 3.8) is 0 Å². The first-order valence-electron chi connectivity index (χ1n) is 6.75. The van der Waals surface area contributed by atoms with E-state index in [1.165, 1.54) is 0 Å². The van der Waals surface area contributed by atoms with Gasteiger partial charge in [0.05, 0.1) is 0 Å². The van der Waals surface area contributed by atoms with Gasteiger partial charge < -0.3 is 4.90 Å². The molecule has 0 aromatic heterocycles. The Hall–Kier alpha value is -1.18. The van der Waals surface area contributed by atoms with Crippen molar-refractivity contribution in [1.82, 2.24) is 0 Å². The molecule has 5 nitrogen and oxygen atoms in total. The van der Waals surface area contributed by atoms with Gasteiger partial charge in [0.25, 0.3) is 0 Å². The summed E-state index contributed by atoms with van der Waals surface area (Å²) in [6.07, 6.45) is 2.25. The van der Waals surface area contributed by atoms with Crippen LogP contribution in [0.2, 0.25) is 0 Å². The van der Waals surface area contributed by atoms with Crippen molar-refractivity contribution >= 4 is 34.2 Å². The van der Waals surface area contributed by atoms with Crippen LogP contribution in [0.3, 0.4) is 0 Å². The van der Waals surface area contributed by atoms with Gasteiger partial charge in [0.15, 0.2) is 0 Å². The number of nitrogens with zero attached hydrogens (tertiary/aromatic N) is 2. The highest BCUT2D eigenvalue weighted by Crippen LogP contribution is 2.36. The minimum atomic E-state index is -0.686. The van der Waals surface area contributed by atoms with Gasteiger partial charge in [-0.3, -0.25) is 14.9 Å². The molecule has 1 aliphatic rings. The molecular weight excluding hydrogens is 371 g/mol. The van der Waals surface area contributed by atoms with Gasteiger partial charge in [0.1, 0.15) is 5.92 Å². The quantitative estimate of drug-likeness (QED) is 0.428. The molecule has 2 rings (SSSR count). The molecule has 0 N–H and O–H groups in total. The van der Waals surface area contributed by atoms with Crippen LogP contribution in [0.25, 0.3) is 0 Å². The molecule has 0 radical (unpaired) electrons. The monoisotopic (exact) mass is 388 g/mol. The minimum Gasteiger partial charge on any atom is -0.312 e. The van der Waals surface area contributed by atoms with Crippen LogP contribution < -0.4 is 4.90 Å². The molecule has 0 heterocycles. The SMILES string of the molecule is CCCCN(C(=O)[C@H]1C[C@H]1[N+](=O)[O-])c1cccc(I)c1. The van der Waals surface area contributed by atoms with Crippen LogP contribution >= 0.6 is 22.6 Å². The molecule has 0 unspecified atom stereocenters. The first kappa shape index (κ1) is 15.2. The smallest absolute Gasteiger partial charge is 0.237 e. The fourth-order valence-corrected chi connectivity index (χ4v) is 2.73. The van der Waals surface area contributed by atoms with Gasteiger partial charge in [-0.1, -0.05) is 19.4 Å². The van der Waals surface area contributed by atoms with Gasteiger partial charge in [-0.15, -0.1) is 0 Å². The molecular formula is C14H17IN2O3. The predicted octanol–water partition coefficient (Wildman–Crippen LogP) is 3.09. The summed E-state index contributed by atoms with van der Waals surface area (Å²) in [5, 5.41) is 10.7. The fraction of sp³-hybridized carbons (Fsp3) is 0.500. The predicted molar refractivity (Wildman–Crippen MR) is 85.3 cm³/mol. The molecule has 1 fully saturated rings. The van der Waals surface area contributed by atoms with Gasteiger partial charge in [-0.05, 0) is 47.2 Å². The van der Waals surface area contributed by atoms with Gasteiger partial charge in [0.2, 0.25) is 11.9 Å². The van der Waals surface area contributed by atoms with Gasteiger partial charge in [-0.25, -0.2) is 0 Å². The Bertz CT molecular complexity index is 521. The number of hydrogen-bond donors (Lipinski definition) is 0. The van der Waals surface area contributed by atoms with Crippen molar-refractivity contribution in [2.75, 3.05) is 11.4 Å². The third-order valence-corrected chi connectivity index (χ3v) is 4.14. The highest BCUT2D eigenvalue weighted by Gasteiger charge is 2.54. The van der Waals surface area contributed by atoms with Crippen LogP contribution in [0.4, 0.5) is 5.69 Å². The molecule has 1 saturated carbocycles. The van der Waals surface area contributed by atoms with E-state index in [9.17, 15) is 14.9 Å². The molecule has 1 aliphatic carbocycles. The van der Waals surface area contributed by atoms with Crippen LogP contribution in [0.5, 0.6) is 0 Å². The fourth-order valence-electron chi connectivity index (χ4n) is 2.21. The molecule has 0 bridgehead atoms. The van der Waals surface area contributed by atoms with E-state index in [1.807, 2.05) is 24.3 Å². The Labute approximate surface area is 131 Å². The third-order valence-electron chi connectivity index (χ3n) is 3.47. The largest absolute Gasteiger partial charge is 0.312 e. The molecule has 108 valence electrons. The molecule has 1 amide bonds. The van der Waals surface area contributed by atoms with E-state index < -0.39 is 12.0 Å². The number of carbonyl (C=O) groups is 1. The van der Waals surface area contributed by atoms with Crippen molar-refractivity contribution in [2.45, 2.75) is 32.2 Å². The summed E-state index contributed by atoms with van der Waals surface area (Å²) in [6.45, 7) is 2.69. The van der Waals surface area contributed by atoms with Crippen LogP contribution in [-0.4, -0.2) is 23.4 Å². The number of benzene rings is 1. The number of amides is 1. The zero-order valence-electron chi connectivity index (χ0n) is 11.3. The van der Waals surface area contributed by atoms with E-state index in [2.05, 4.69) is 29.5 Å². The summed E-state index contributed by atoms with van der Waals surface area (Å²) in [4.78, 5) is 24.6. The molecule has 20 heavy (non-hydrogen) atoms. The first-order chi connectivity index (χ1) is 9.54. The normalized spacial score (nSPS) is 20.5. The Morgan fingerprint density at radius 3 is 2.85 bits per heavy atom. The molecule has 6 heteroatoms. The maximum atomic E-state index is 12.5. The zero-order chi connectivity index (χ0) is 14.7. The number of anilines is 1. The lowest BCUT2D eigenvalue weighted by atomic mass is 10.2. The molecule has 0 aliphatic heterocycles. The topological polar surface area (TPSA) is 63.5 Å². The standard InChI is InChI=1S/C14H17IN2O3/c1-2-3-7-16(11-6-4-5-10(15)8-11)14(18)12-9-13(12)17(19)20/h4-6,8,12-13H,2-3,7,9H2,1H3/t12-,13+/m0/s1. The summed E-state index contributed by atoms with van der Waals surface area (Å²) in [5.74, 6) is -0.554. The number of rotatable bonds is 6. The van der Waals surface area contributed by atoms with Crippen LogP contribution in [0, 0.1) is 19.6 Å². The highest BCUT2D eigenvalue weighted by molar-refractivity contribution is 14.1. The lowest BCUT2D eigenvalue weighted by Gasteiger charge is -2.22. The minimum absolute atomic E-state index is 0.109. The summed E-state index contributed by atoms with van der Waals surface area (Å²) >= 11 is 2.20. The van der Waals surface area contributed by atoms with Crippen LogP contribution in [-0.2, 0) is 4.79 Å². The lowest BCUT2D eigenvalue weighted by Crippen LogP contribution is -2.34. The highest BCUT2D eigenvalue weighted by atomic mass is 127. The van der Waals surface area contributed by atoms with E-state index in [4.69, 9.17) is 0 Å². The second-order valence-electron chi connectivity index (χ2n) is 5.02. The Kier molecular flexibility index (Phi) is 4.95. The molecule has 2 atom stereocenters. The van der Waals surface area contributed by atoms with Crippen molar-refractivity contribution < 1.29 is 9.72 Å². The Morgan fingerprint density at radius 2 is 2.30 bits per heavy atom. The molecule has 1 aromatic carbocycles. The average molecular weight is 388 g/mol. The maximum Gasteiger partial charge on any atom is 0.237 e. The number of unbranched alkanes of at least 4 members (excludes halogenated alkanes) is 1. The average Bonchev–Trinajstić information content (AvgIpc) is 3.19. The van der Waals surface area contributed by atoms with E-state index >= 15 is 0 Å². The van der Waals surface area contributed by atoms with Crippen LogP contribution in [0.15, 0.2) is 24.3 Å². The van der Waals surface area contributed by atoms with Crippen molar-refractivity contribution in [3.05, 3.63) is 37.9 Å². The van der Waals surface area contributed by atoms with Crippen LogP contribution in [0.1, 0.15) is 26.2 Å². The number of hydrogen-bond acceptors (Lipinski definition) is 3. The molecule has 0 saturated heterocycles. The third kappa shape index (κ3) is 3.47.